The second-order valence-corrected chi connectivity index (χ2v) is 4.87. The zero-order valence-electron chi connectivity index (χ0n) is 11.2. The van der Waals surface area contributed by atoms with Gasteiger partial charge in [0, 0.05) is 12.1 Å². The van der Waals surface area contributed by atoms with Crippen LogP contribution in [-0.2, 0) is 6.42 Å². The molecule has 2 nitrogen and oxygen atoms in total. The summed E-state index contributed by atoms with van der Waals surface area (Å²) in [7, 11) is 2.08. The predicted molar refractivity (Wildman–Crippen MR) is 73.3 cm³/mol. The van der Waals surface area contributed by atoms with E-state index in [1.807, 2.05) is 0 Å². The highest BCUT2D eigenvalue weighted by Gasteiger charge is 2.34. The molecule has 0 spiro atoms. The highest BCUT2D eigenvalue weighted by molar-refractivity contribution is 5.37. The first-order valence-electron chi connectivity index (χ1n) is 6.80. The second-order valence-electron chi connectivity index (χ2n) is 4.87. The summed E-state index contributed by atoms with van der Waals surface area (Å²) in [6.45, 7) is 6.88. The first-order chi connectivity index (χ1) is 8.31. The Kier molecular flexibility index (Phi) is 4.19. The van der Waals surface area contributed by atoms with Gasteiger partial charge in [0.15, 0.2) is 0 Å². The molecule has 2 rings (SSSR count). The number of rotatable bonds is 5. The molecule has 0 heterocycles. The summed E-state index contributed by atoms with van der Waals surface area (Å²) < 4.78 is 0. The van der Waals surface area contributed by atoms with Crippen LogP contribution in [-0.4, -0.2) is 31.1 Å². The predicted octanol–water partition coefficient (Wildman–Crippen LogP) is 2.60. The molecule has 2 heteroatoms. The van der Waals surface area contributed by atoms with Gasteiger partial charge in [-0.2, -0.15) is 0 Å². The molecule has 0 fully saturated rings. The van der Waals surface area contributed by atoms with Gasteiger partial charge in [0.25, 0.3) is 0 Å². The summed E-state index contributed by atoms with van der Waals surface area (Å²) in [5.74, 6) is 0. The van der Waals surface area contributed by atoms with E-state index in [9.17, 15) is 0 Å². The van der Waals surface area contributed by atoms with Gasteiger partial charge in [-0.25, -0.2) is 0 Å². The summed E-state index contributed by atoms with van der Waals surface area (Å²) in [5, 5.41) is 3.50. The van der Waals surface area contributed by atoms with Crippen LogP contribution >= 0.6 is 0 Å². The Labute approximate surface area is 105 Å². The molecule has 1 aromatic rings. The van der Waals surface area contributed by atoms with Gasteiger partial charge in [-0.1, -0.05) is 38.1 Å². The van der Waals surface area contributed by atoms with E-state index in [0.29, 0.717) is 12.1 Å². The van der Waals surface area contributed by atoms with Crippen LogP contribution in [0.1, 0.15) is 37.4 Å². The van der Waals surface area contributed by atoms with E-state index in [-0.39, 0.29) is 0 Å². The smallest absolute Gasteiger partial charge is 0.0481 e. The minimum absolute atomic E-state index is 0.498. The molecule has 1 aliphatic rings. The lowest BCUT2D eigenvalue weighted by Gasteiger charge is -2.32. The van der Waals surface area contributed by atoms with Crippen molar-refractivity contribution in [1.29, 1.82) is 0 Å². The first-order valence-corrected chi connectivity index (χ1v) is 6.80. The van der Waals surface area contributed by atoms with Crippen molar-refractivity contribution < 1.29 is 0 Å². The summed E-state index contributed by atoms with van der Waals surface area (Å²) >= 11 is 0. The van der Waals surface area contributed by atoms with E-state index in [1.165, 1.54) is 30.5 Å². The number of benzene rings is 1. The van der Waals surface area contributed by atoms with Gasteiger partial charge in [0.1, 0.15) is 0 Å². The Morgan fingerprint density at radius 3 is 2.71 bits per heavy atom. The number of nitrogens with one attached hydrogen (secondary N) is 1. The second kappa shape index (κ2) is 5.65. The van der Waals surface area contributed by atoms with Crippen LogP contribution in [0.5, 0.6) is 0 Å². The fraction of sp³-hybridized carbons (Fsp3) is 0.600. The average molecular weight is 232 g/mol. The lowest BCUT2D eigenvalue weighted by atomic mass is 10.1. The van der Waals surface area contributed by atoms with Crippen LogP contribution in [0.2, 0.25) is 0 Å². The monoisotopic (exact) mass is 232 g/mol. The largest absolute Gasteiger partial charge is 0.312 e. The molecule has 17 heavy (non-hydrogen) atoms. The number of fused-ring (bicyclic) bond motifs is 1. The molecular formula is C15H24N2. The fourth-order valence-corrected chi connectivity index (χ4v) is 3.11. The van der Waals surface area contributed by atoms with Gasteiger partial charge in [0.2, 0.25) is 0 Å². The van der Waals surface area contributed by atoms with Crippen molar-refractivity contribution in [2.45, 2.75) is 38.8 Å². The summed E-state index contributed by atoms with van der Waals surface area (Å²) in [6.07, 6.45) is 2.42. The molecular weight excluding hydrogens is 208 g/mol. The van der Waals surface area contributed by atoms with Gasteiger partial charge < -0.3 is 5.32 Å². The van der Waals surface area contributed by atoms with E-state index in [2.05, 4.69) is 55.4 Å². The van der Waals surface area contributed by atoms with E-state index >= 15 is 0 Å². The van der Waals surface area contributed by atoms with Crippen molar-refractivity contribution in [2.24, 2.45) is 0 Å². The zero-order valence-corrected chi connectivity index (χ0v) is 11.2. The van der Waals surface area contributed by atoms with Crippen molar-refractivity contribution in [3.8, 4) is 0 Å². The highest BCUT2D eigenvalue weighted by atomic mass is 15.2. The van der Waals surface area contributed by atoms with E-state index in [4.69, 9.17) is 0 Å². The van der Waals surface area contributed by atoms with Crippen LogP contribution < -0.4 is 5.32 Å². The third kappa shape index (κ3) is 2.38. The van der Waals surface area contributed by atoms with Gasteiger partial charge in [-0.15, -0.1) is 0 Å². The van der Waals surface area contributed by atoms with Gasteiger partial charge >= 0.3 is 0 Å². The molecule has 0 bridgehead atoms. The molecule has 2 unspecified atom stereocenters. The molecule has 1 N–H and O–H groups in total. The van der Waals surface area contributed by atoms with Crippen LogP contribution in [0, 0.1) is 0 Å². The lowest BCUT2D eigenvalue weighted by molar-refractivity contribution is 0.178. The highest BCUT2D eigenvalue weighted by Crippen LogP contribution is 2.34. The third-order valence-electron chi connectivity index (χ3n) is 3.90. The summed E-state index contributed by atoms with van der Waals surface area (Å²) in [4.78, 5) is 2.61. The Balaban J connectivity index is 2.21. The molecule has 0 aromatic heterocycles. The normalized spacial score (nSPS) is 23.1. The SMILES string of the molecule is CCCN(CC)C1Cc2ccccc2C1NC. The van der Waals surface area contributed by atoms with Crippen molar-refractivity contribution in [3.05, 3.63) is 35.4 Å². The Morgan fingerprint density at radius 1 is 1.29 bits per heavy atom. The Hall–Kier alpha value is -0.860. The topological polar surface area (TPSA) is 15.3 Å². The van der Waals surface area contributed by atoms with E-state index in [0.717, 1.165) is 6.54 Å². The quantitative estimate of drug-likeness (QED) is 0.839. The molecule has 0 saturated carbocycles. The summed E-state index contributed by atoms with van der Waals surface area (Å²) in [5.41, 5.74) is 3.01. The molecule has 2 atom stereocenters. The number of nitrogens with zero attached hydrogens (tertiary/aromatic N) is 1. The fourth-order valence-electron chi connectivity index (χ4n) is 3.11. The molecule has 0 radical (unpaired) electrons. The average Bonchev–Trinajstić information content (AvgIpc) is 2.74. The lowest BCUT2D eigenvalue weighted by Crippen LogP contribution is -2.42. The molecule has 0 saturated heterocycles. The molecule has 0 amide bonds. The van der Waals surface area contributed by atoms with Crippen molar-refractivity contribution in [2.75, 3.05) is 20.1 Å². The minimum Gasteiger partial charge on any atom is -0.312 e. The van der Waals surface area contributed by atoms with Crippen molar-refractivity contribution >= 4 is 0 Å². The molecule has 94 valence electrons. The summed E-state index contributed by atoms with van der Waals surface area (Å²) in [6, 6.07) is 9.99. The van der Waals surface area contributed by atoms with E-state index < -0.39 is 0 Å². The standard InChI is InChI=1S/C15H24N2/c1-4-10-17(5-2)14-11-12-8-6-7-9-13(12)15(14)16-3/h6-9,14-16H,4-5,10-11H2,1-3H3. The first kappa shape index (κ1) is 12.6. The molecule has 1 aromatic carbocycles. The van der Waals surface area contributed by atoms with Gasteiger partial charge in [0.05, 0.1) is 0 Å². The maximum Gasteiger partial charge on any atom is 0.0481 e. The maximum atomic E-state index is 3.50. The molecule has 0 aliphatic heterocycles. The number of hydrogen-bond donors (Lipinski definition) is 1. The van der Waals surface area contributed by atoms with Crippen LogP contribution in [0.3, 0.4) is 0 Å². The zero-order chi connectivity index (χ0) is 12.3. The number of hydrogen-bond acceptors (Lipinski definition) is 2. The Bertz CT molecular complexity index is 362. The van der Waals surface area contributed by atoms with Gasteiger partial charge in [-0.05, 0) is 44.1 Å². The van der Waals surface area contributed by atoms with Crippen LogP contribution in [0.4, 0.5) is 0 Å². The minimum atomic E-state index is 0.498. The van der Waals surface area contributed by atoms with Crippen LogP contribution in [0.15, 0.2) is 24.3 Å². The van der Waals surface area contributed by atoms with Crippen molar-refractivity contribution in [1.82, 2.24) is 10.2 Å². The van der Waals surface area contributed by atoms with Crippen molar-refractivity contribution in [3.63, 3.8) is 0 Å². The van der Waals surface area contributed by atoms with Gasteiger partial charge in [-0.3, -0.25) is 4.90 Å². The Morgan fingerprint density at radius 2 is 2.06 bits per heavy atom. The third-order valence-corrected chi connectivity index (χ3v) is 3.90. The van der Waals surface area contributed by atoms with E-state index in [1.54, 1.807) is 0 Å². The molecule has 1 aliphatic carbocycles. The van der Waals surface area contributed by atoms with Crippen LogP contribution in [0.25, 0.3) is 0 Å². The maximum absolute atomic E-state index is 3.50. The number of likely N-dealkylation sites (N-methyl/N-ethyl adjacent to an activating group) is 2.